The van der Waals surface area contributed by atoms with Gasteiger partial charge in [0, 0.05) is 45.2 Å². The topological polar surface area (TPSA) is 53.5 Å². The van der Waals surface area contributed by atoms with Gasteiger partial charge in [0.15, 0.2) is 0 Å². The molecule has 1 amide bonds. The molecule has 1 aliphatic rings. The van der Waals surface area contributed by atoms with Crippen LogP contribution in [0.1, 0.15) is 63.2 Å². The summed E-state index contributed by atoms with van der Waals surface area (Å²) in [6.45, 7) is 8.52. The molecule has 144 valence electrons. The van der Waals surface area contributed by atoms with Crippen LogP contribution in [-0.4, -0.2) is 48.3 Å². The molecule has 0 spiro atoms. The smallest absolute Gasteiger partial charge is 0.255 e. The minimum atomic E-state index is -0.0118. The fourth-order valence-electron chi connectivity index (χ4n) is 3.42. The van der Waals surface area contributed by atoms with Crippen LogP contribution in [0, 0.1) is 11.8 Å². The van der Waals surface area contributed by atoms with E-state index in [0.717, 1.165) is 44.6 Å². The Balaban J connectivity index is 1.98. The van der Waals surface area contributed by atoms with Gasteiger partial charge in [-0.05, 0) is 37.3 Å². The van der Waals surface area contributed by atoms with Crippen molar-refractivity contribution in [2.24, 2.45) is 11.8 Å². The first-order valence-corrected chi connectivity index (χ1v) is 9.91. The van der Waals surface area contributed by atoms with Gasteiger partial charge in [0.25, 0.3) is 5.91 Å². The molecule has 1 aromatic heterocycles. The lowest BCUT2D eigenvalue weighted by molar-refractivity contribution is -0.124. The maximum absolute atomic E-state index is 12.8. The van der Waals surface area contributed by atoms with Crippen LogP contribution in [0.25, 0.3) is 0 Å². The quantitative estimate of drug-likeness (QED) is 0.709. The van der Waals surface area contributed by atoms with Crippen LogP contribution < -0.4 is 4.90 Å². The van der Waals surface area contributed by atoms with Crippen LogP contribution in [0.4, 0.5) is 5.82 Å². The second kappa shape index (κ2) is 9.70. The van der Waals surface area contributed by atoms with Gasteiger partial charge >= 0.3 is 0 Å². The maximum Gasteiger partial charge on any atom is 0.255 e. The Morgan fingerprint density at radius 3 is 2.73 bits per heavy atom. The van der Waals surface area contributed by atoms with Crippen LogP contribution in [-0.2, 0) is 4.79 Å². The van der Waals surface area contributed by atoms with Crippen molar-refractivity contribution in [3.63, 3.8) is 0 Å². The molecule has 5 nitrogen and oxygen atoms in total. The van der Waals surface area contributed by atoms with Crippen molar-refractivity contribution >= 4 is 17.5 Å². The summed E-state index contributed by atoms with van der Waals surface area (Å²) >= 11 is 0. The van der Waals surface area contributed by atoms with Crippen LogP contribution in [0.2, 0.25) is 0 Å². The Kier molecular flexibility index (Phi) is 7.61. The van der Waals surface area contributed by atoms with E-state index in [9.17, 15) is 9.59 Å². The van der Waals surface area contributed by atoms with Gasteiger partial charge in [-0.3, -0.25) is 9.59 Å². The number of hydrogen-bond donors (Lipinski definition) is 0. The summed E-state index contributed by atoms with van der Waals surface area (Å²) in [7, 11) is 2.02. The number of rotatable bonds is 8. The number of pyridine rings is 1. The highest BCUT2D eigenvalue weighted by atomic mass is 16.2. The number of anilines is 1. The molecule has 1 aliphatic heterocycles. The van der Waals surface area contributed by atoms with Crippen molar-refractivity contribution < 1.29 is 9.59 Å². The molecule has 0 aromatic carbocycles. The zero-order valence-electron chi connectivity index (χ0n) is 16.7. The van der Waals surface area contributed by atoms with Gasteiger partial charge in [0.05, 0.1) is 5.56 Å². The monoisotopic (exact) mass is 359 g/mol. The molecule has 1 aromatic rings. The van der Waals surface area contributed by atoms with Gasteiger partial charge in [-0.2, -0.15) is 0 Å². The van der Waals surface area contributed by atoms with Crippen LogP contribution in [0.5, 0.6) is 0 Å². The first-order chi connectivity index (χ1) is 12.4. The van der Waals surface area contributed by atoms with E-state index in [4.69, 9.17) is 0 Å². The summed E-state index contributed by atoms with van der Waals surface area (Å²) in [5, 5.41) is 0. The van der Waals surface area contributed by atoms with Crippen molar-refractivity contribution in [3.8, 4) is 0 Å². The molecule has 5 heteroatoms. The number of carbonyl (C=O) groups is 2. The fourth-order valence-corrected chi connectivity index (χ4v) is 3.42. The number of likely N-dealkylation sites (tertiary alicyclic amines) is 1. The molecule has 2 rings (SSSR count). The Labute approximate surface area is 157 Å². The molecule has 1 atom stereocenters. The van der Waals surface area contributed by atoms with E-state index in [1.54, 1.807) is 6.20 Å². The van der Waals surface area contributed by atoms with Gasteiger partial charge in [0.1, 0.15) is 11.6 Å². The van der Waals surface area contributed by atoms with Gasteiger partial charge in [-0.25, -0.2) is 4.98 Å². The molecular formula is C21H33N3O2. The van der Waals surface area contributed by atoms with Gasteiger partial charge in [0.2, 0.25) is 0 Å². The second-order valence-electron chi connectivity index (χ2n) is 7.83. The standard InChI is InChI=1S/C21H33N3O2/c1-5-6-11-23(4)20-10-9-17(14-22-20)21(26)24-12-7-8-18(15-24)19(25)13-16(2)3/h9-10,14,16,18H,5-8,11-13,15H2,1-4H3/t18-/m0/s1. The van der Waals surface area contributed by atoms with E-state index in [1.807, 2.05) is 24.1 Å². The molecule has 0 aliphatic carbocycles. The summed E-state index contributed by atoms with van der Waals surface area (Å²) in [5.74, 6) is 1.53. The van der Waals surface area contributed by atoms with Crippen molar-refractivity contribution in [2.45, 2.75) is 52.9 Å². The van der Waals surface area contributed by atoms with E-state index in [2.05, 4.69) is 30.7 Å². The number of aromatic nitrogens is 1. The molecule has 0 N–H and O–H groups in total. The van der Waals surface area contributed by atoms with E-state index >= 15 is 0 Å². The maximum atomic E-state index is 12.8. The minimum absolute atomic E-state index is 0.0116. The highest BCUT2D eigenvalue weighted by Gasteiger charge is 2.29. The third-order valence-electron chi connectivity index (χ3n) is 5.01. The summed E-state index contributed by atoms with van der Waals surface area (Å²) in [6, 6.07) is 3.76. The first-order valence-electron chi connectivity index (χ1n) is 9.91. The molecule has 0 bridgehead atoms. The predicted molar refractivity (Wildman–Crippen MR) is 106 cm³/mol. The normalized spacial score (nSPS) is 17.4. The SMILES string of the molecule is CCCCN(C)c1ccc(C(=O)N2CCC[C@H](C(=O)CC(C)C)C2)cn1. The lowest BCUT2D eigenvalue weighted by Gasteiger charge is -2.32. The fraction of sp³-hybridized carbons (Fsp3) is 0.667. The second-order valence-corrected chi connectivity index (χ2v) is 7.83. The van der Waals surface area contributed by atoms with E-state index in [0.29, 0.717) is 30.2 Å². The number of hydrogen-bond acceptors (Lipinski definition) is 4. The Morgan fingerprint density at radius 2 is 2.12 bits per heavy atom. The third kappa shape index (κ3) is 5.55. The van der Waals surface area contributed by atoms with Gasteiger partial charge < -0.3 is 9.80 Å². The largest absolute Gasteiger partial charge is 0.360 e. The summed E-state index contributed by atoms with van der Waals surface area (Å²) in [6.07, 6.45) is 6.33. The van der Waals surface area contributed by atoms with Crippen molar-refractivity contribution in [1.29, 1.82) is 0 Å². The average Bonchev–Trinajstić information content (AvgIpc) is 2.65. The van der Waals surface area contributed by atoms with E-state index < -0.39 is 0 Å². The molecule has 1 saturated heterocycles. The van der Waals surface area contributed by atoms with Crippen molar-refractivity contribution in [2.75, 3.05) is 31.6 Å². The van der Waals surface area contributed by atoms with Gasteiger partial charge in [-0.15, -0.1) is 0 Å². The number of ketones is 1. The van der Waals surface area contributed by atoms with Crippen LogP contribution >= 0.6 is 0 Å². The lowest BCUT2D eigenvalue weighted by atomic mass is 9.89. The lowest BCUT2D eigenvalue weighted by Crippen LogP contribution is -2.42. The number of Topliss-reactive ketones (excluding diaryl/α,β-unsaturated/α-hetero) is 1. The van der Waals surface area contributed by atoms with Gasteiger partial charge in [-0.1, -0.05) is 27.2 Å². The highest BCUT2D eigenvalue weighted by Crippen LogP contribution is 2.22. The van der Waals surface area contributed by atoms with Crippen LogP contribution in [0.3, 0.4) is 0 Å². The summed E-state index contributed by atoms with van der Waals surface area (Å²) in [5.41, 5.74) is 0.606. The average molecular weight is 360 g/mol. The Hall–Kier alpha value is -1.91. The molecule has 0 unspecified atom stereocenters. The Bertz CT molecular complexity index is 598. The molecular weight excluding hydrogens is 326 g/mol. The molecule has 1 fully saturated rings. The third-order valence-corrected chi connectivity index (χ3v) is 5.01. The number of unbranched alkanes of at least 4 members (excludes halogenated alkanes) is 1. The zero-order valence-corrected chi connectivity index (χ0v) is 16.7. The minimum Gasteiger partial charge on any atom is -0.360 e. The molecule has 0 saturated carbocycles. The van der Waals surface area contributed by atoms with Crippen LogP contribution in [0.15, 0.2) is 18.3 Å². The molecule has 0 radical (unpaired) electrons. The molecule has 2 heterocycles. The molecule has 26 heavy (non-hydrogen) atoms. The Morgan fingerprint density at radius 1 is 1.35 bits per heavy atom. The summed E-state index contributed by atoms with van der Waals surface area (Å²) < 4.78 is 0. The van der Waals surface area contributed by atoms with E-state index in [-0.39, 0.29) is 11.8 Å². The highest BCUT2D eigenvalue weighted by molar-refractivity contribution is 5.94. The van der Waals surface area contributed by atoms with E-state index in [1.165, 1.54) is 0 Å². The summed E-state index contributed by atoms with van der Waals surface area (Å²) in [4.78, 5) is 33.6. The number of carbonyl (C=O) groups excluding carboxylic acids is 2. The van der Waals surface area contributed by atoms with Crippen molar-refractivity contribution in [1.82, 2.24) is 9.88 Å². The predicted octanol–water partition coefficient (Wildman–Crippen LogP) is 3.79. The first kappa shape index (κ1) is 20.4. The number of piperidine rings is 1. The van der Waals surface area contributed by atoms with Crippen molar-refractivity contribution in [3.05, 3.63) is 23.9 Å². The number of amides is 1. The zero-order chi connectivity index (χ0) is 19.1. The number of nitrogens with zero attached hydrogens (tertiary/aromatic N) is 3.